The van der Waals surface area contributed by atoms with Crippen molar-refractivity contribution in [3.8, 4) is 5.75 Å². The molecule has 0 saturated heterocycles. The highest BCUT2D eigenvalue weighted by atomic mass is 79.9. The van der Waals surface area contributed by atoms with E-state index >= 15 is 0 Å². The molecule has 0 heterocycles. The quantitative estimate of drug-likeness (QED) is 0.919. The fraction of sp³-hybridized carbons (Fsp3) is 0.188. The van der Waals surface area contributed by atoms with Gasteiger partial charge in [0.15, 0.2) is 0 Å². The van der Waals surface area contributed by atoms with Crippen LogP contribution in [0.4, 0.5) is 0 Å². The van der Waals surface area contributed by atoms with Crippen LogP contribution in [0.3, 0.4) is 0 Å². The Hall–Kier alpha value is -1.81. The molecule has 2 aromatic carbocycles. The lowest BCUT2D eigenvalue weighted by Gasteiger charge is -2.17. The number of amides is 1. The molecule has 1 N–H and O–H groups in total. The van der Waals surface area contributed by atoms with Gasteiger partial charge in [-0.15, -0.1) is 0 Å². The Morgan fingerprint density at radius 2 is 1.80 bits per heavy atom. The van der Waals surface area contributed by atoms with Gasteiger partial charge >= 0.3 is 0 Å². The third-order valence-corrected chi connectivity index (χ3v) is 3.59. The zero-order chi connectivity index (χ0) is 14.5. The van der Waals surface area contributed by atoms with Gasteiger partial charge in [-0.1, -0.05) is 34.1 Å². The first-order chi connectivity index (χ1) is 9.61. The second kappa shape index (κ2) is 6.57. The molecule has 0 spiro atoms. The van der Waals surface area contributed by atoms with Crippen LogP contribution in [-0.2, 0) is 0 Å². The van der Waals surface area contributed by atoms with Crippen molar-refractivity contribution in [2.24, 2.45) is 0 Å². The second-order valence-electron chi connectivity index (χ2n) is 4.44. The van der Waals surface area contributed by atoms with E-state index in [2.05, 4.69) is 21.2 Å². The minimum Gasteiger partial charge on any atom is -0.496 e. The van der Waals surface area contributed by atoms with Gasteiger partial charge in [-0.05, 0) is 37.3 Å². The molecule has 0 aliphatic heterocycles. The van der Waals surface area contributed by atoms with Crippen LogP contribution >= 0.6 is 15.9 Å². The van der Waals surface area contributed by atoms with Gasteiger partial charge in [0.05, 0.1) is 13.2 Å². The molecule has 2 rings (SSSR count). The number of halogens is 1. The predicted molar refractivity (Wildman–Crippen MR) is 83.0 cm³/mol. The van der Waals surface area contributed by atoms with Crippen molar-refractivity contribution < 1.29 is 9.53 Å². The summed E-state index contributed by atoms with van der Waals surface area (Å²) in [5, 5.41) is 2.97. The number of ether oxygens (including phenoxy) is 1. The molecule has 104 valence electrons. The molecule has 0 fully saturated rings. The van der Waals surface area contributed by atoms with Crippen molar-refractivity contribution in [2.45, 2.75) is 13.0 Å². The number of rotatable bonds is 4. The summed E-state index contributed by atoms with van der Waals surface area (Å²) in [5.41, 5.74) is 1.59. The Morgan fingerprint density at radius 1 is 1.15 bits per heavy atom. The number of carbonyl (C=O) groups excluding carboxylic acids is 1. The van der Waals surface area contributed by atoms with E-state index in [9.17, 15) is 4.79 Å². The summed E-state index contributed by atoms with van der Waals surface area (Å²) in [4.78, 5) is 12.2. The van der Waals surface area contributed by atoms with Crippen LogP contribution in [0.2, 0.25) is 0 Å². The number of hydrogen-bond donors (Lipinski definition) is 1. The minimum atomic E-state index is -0.123. The number of methoxy groups -OCH3 is 1. The summed E-state index contributed by atoms with van der Waals surface area (Å²) >= 11 is 3.35. The van der Waals surface area contributed by atoms with Crippen LogP contribution in [-0.4, -0.2) is 13.0 Å². The largest absolute Gasteiger partial charge is 0.496 e. The first-order valence-corrected chi connectivity index (χ1v) is 7.10. The highest BCUT2D eigenvalue weighted by Gasteiger charge is 2.14. The molecule has 0 unspecified atom stereocenters. The van der Waals surface area contributed by atoms with Gasteiger partial charge < -0.3 is 10.1 Å². The van der Waals surface area contributed by atoms with Gasteiger partial charge in [-0.25, -0.2) is 0 Å². The zero-order valence-electron chi connectivity index (χ0n) is 11.4. The Bertz CT molecular complexity index is 596. The summed E-state index contributed by atoms with van der Waals surface area (Å²) in [7, 11) is 1.63. The van der Waals surface area contributed by atoms with Gasteiger partial charge in [0.1, 0.15) is 5.75 Å². The lowest BCUT2D eigenvalue weighted by atomic mass is 10.1. The Labute approximate surface area is 127 Å². The molecule has 4 heteroatoms. The highest BCUT2D eigenvalue weighted by molar-refractivity contribution is 9.10. The van der Waals surface area contributed by atoms with Crippen molar-refractivity contribution in [2.75, 3.05) is 7.11 Å². The fourth-order valence-corrected chi connectivity index (χ4v) is 2.25. The average Bonchev–Trinajstić information content (AvgIpc) is 2.47. The van der Waals surface area contributed by atoms with Crippen molar-refractivity contribution in [3.63, 3.8) is 0 Å². The monoisotopic (exact) mass is 333 g/mol. The molecule has 2 aromatic rings. The molecule has 0 radical (unpaired) electrons. The van der Waals surface area contributed by atoms with Gasteiger partial charge in [-0.2, -0.15) is 0 Å². The second-order valence-corrected chi connectivity index (χ2v) is 5.36. The summed E-state index contributed by atoms with van der Waals surface area (Å²) in [6.45, 7) is 1.94. The third-order valence-electron chi connectivity index (χ3n) is 3.06. The van der Waals surface area contributed by atoms with Crippen LogP contribution in [0.15, 0.2) is 53.0 Å². The normalized spacial score (nSPS) is 11.8. The summed E-state index contributed by atoms with van der Waals surface area (Å²) in [6.07, 6.45) is 0. The molecule has 1 amide bonds. The number of nitrogens with one attached hydrogen (secondary N) is 1. The maximum Gasteiger partial charge on any atom is 0.251 e. The van der Waals surface area contributed by atoms with E-state index in [-0.39, 0.29) is 11.9 Å². The standard InChI is InChI=1S/C16H16BrNO2/c1-11(14-5-3-4-6-15(14)20-2)18-16(19)12-7-9-13(17)10-8-12/h3-11H,1-2H3,(H,18,19)/t11-/m1/s1. The zero-order valence-corrected chi connectivity index (χ0v) is 13.0. The van der Waals surface area contributed by atoms with Gasteiger partial charge in [0, 0.05) is 15.6 Å². The average molecular weight is 334 g/mol. The maximum atomic E-state index is 12.2. The molecular formula is C16H16BrNO2. The summed E-state index contributed by atoms with van der Waals surface area (Å²) < 4.78 is 6.26. The van der Waals surface area contributed by atoms with E-state index in [1.807, 2.05) is 43.3 Å². The first-order valence-electron chi connectivity index (χ1n) is 6.31. The van der Waals surface area contributed by atoms with E-state index in [0.29, 0.717) is 5.56 Å². The van der Waals surface area contributed by atoms with Crippen molar-refractivity contribution in [1.29, 1.82) is 0 Å². The first kappa shape index (κ1) is 14.6. The molecule has 0 aromatic heterocycles. The van der Waals surface area contributed by atoms with Crippen LogP contribution in [0.25, 0.3) is 0 Å². The van der Waals surface area contributed by atoms with Gasteiger partial charge in [-0.3, -0.25) is 4.79 Å². The maximum absolute atomic E-state index is 12.2. The molecular weight excluding hydrogens is 318 g/mol. The van der Waals surface area contributed by atoms with E-state index < -0.39 is 0 Å². The van der Waals surface area contributed by atoms with Crippen molar-refractivity contribution >= 4 is 21.8 Å². The van der Waals surface area contributed by atoms with E-state index in [4.69, 9.17) is 4.74 Å². The Balaban J connectivity index is 2.13. The lowest BCUT2D eigenvalue weighted by molar-refractivity contribution is 0.0939. The van der Waals surface area contributed by atoms with Crippen LogP contribution in [0, 0.1) is 0 Å². The molecule has 20 heavy (non-hydrogen) atoms. The van der Waals surface area contributed by atoms with Gasteiger partial charge in [0.25, 0.3) is 5.91 Å². The summed E-state index contributed by atoms with van der Waals surface area (Å²) in [5.74, 6) is 0.673. The topological polar surface area (TPSA) is 38.3 Å². The number of carbonyl (C=O) groups is 1. The van der Waals surface area contributed by atoms with Gasteiger partial charge in [0.2, 0.25) is 0 Å². The third kappa shape index (κ3) is 3.39. The van der Waals surface area contributed by atoms with E-state index in [0.717, 1.165) is 15.8 Å². The molecule has 0 saturated carbocycles. The molecule has 3 nitrogen and oxygen atoms in total. The SMILES string of the molecule is COc1ccccc1[C@@H](C)NC(=O)c1ccc(Br)cc1. The molecule has 0 aliphatic carbocycles. The van der Waals surface area contributed by atoms with E-state index in [1.165, 1.54) is 0 Å². The van der Waals surface area contributed by atoms with E-state index in [1.54, 1.807) is 19.2 Å². The lowest BCUT2D eigenvalue weighted by Crippen LogP contribution is -2.26. The van der Waals surface area contributed by atoms with Crippen LogP contribution < -0.4 is 10.1 Å². The van der Waals surface area contributed by atoms with Crippen LogP contribution in [0.5, 0.6) is 5.75 Å². The number of benzene rings is 2. The molecule has 1 atom stereocenters. The molecule has 0 bridgehead atoms. The fourth-order valence-electron chi connectivity index (χ4n) is 1.98. The van der Waals surface area contributed by atoms with Crippen molar-refractivity contribution in [3.05, 3.63) is 64.1 Å². The van der Waals surface area contributed by atoms with Crippen molar-refractivity contribution in [1.82, 2.24) is 5.32 Å². The summed E-state index contributed by atoms with van der Waals surface area (Å²) in [6, 6.07) is 14.8. The van der Waals surface area contributed by atoms with Crippen LogP contribution in [0.1, 0.15) is 28.9 Å². The molecule has 0 aliphatic rings. The Morgan fingerprint density at radius 3 is 2.45 bits per heavy atom. The number of para-hydroxylation sites is 1. The smallest absolute Gasteiger partial charge is 0.251 e. The predicted octanol–water partition coefficient (Wildman–Crippen LogP) is 3.95. The minimum absolute atomic E-state index is 0.101. The number of hydrogen-bond acceptors (Lipinski definition) is 2. The Kier molecular flexibility index (Phi) is 4.79. The highest BCUT2D eigenvalue weighted by Crippen LogP contribution is 2.24.